The summed E-state index contributed by atoms with van der Waals surface area (Å²) in [5.74, 6) is -0.935. The Balaban J connectivity index is 1.85. The van der Waals surface area contributed by atoms with Crippen molar-refractivity contribution in [3.8, 4) is 5.75 Å². The summed E-state index contributed by atoms with van der Waals surface area (Å²) in [6.45, 7) is 5.90. The molecule has 0 aliphatic carbocycles. The molecule has 0 aliphatic heterocycles. The zero-order valence-electron chi connectivity index (χ0n) is 19.7. The summed E-state index contributed by atoms with van der Waals surface area (Å²) in [4.78, 5) is 40.2. The van der Waals surface area contributed by atoms with Gasteiger partial charge in [-0.25, -0.2) is 5.06 Å². The van der Waals surface area contributed by atoms with Gasteiger partial charge in [-0.15, -0.1) is 0 Å². The summed E-state index contributed by atoms with van der Waals surface area (Å²) in [5.41, 5.74) is 0.832. The van der Waals surface area contributed by atoms with Gasteiger partial charge in [0.25, 0.3) is 0 Å². The Kier molecular flexibility index (Phi) is 10.1. The van der Waals surface area contributed by atoms with Crippen molar-refractivity contribution >= 4 is 29.1 Å². The highest BCUT2D eigenvalue weighted by Crippen LogP contribution is 2.25. The third kappa shape index (κ3) is 8.38. The van der Waals surface area contributed by atoms with E-state index in [1.165, 1.54) is 0 Å². The number of fused-ring (bicyclic) bond motifs is 1. The standard InChI is InChI=1S/C25H33NO7/c1-17(2)11-19(12-24(28)29)15-26(16-27)33-10-9-32-25(30)18(3)20-5-6-22-14-23(31-4)8-7-21(22)13-20/h5-8,13-14,16-19H,9-12,15H2,1-4H3,(H,28,29)/t18?,19-/m0/s1. The SMILES string of the molecule is COc1ccc2cc(C(C)C(=O)OCCON(C=O)C[C@H](CC(=O)O)CC(C)C)ccc2c1. The number of aliphatic carboxylic acids is 1. The Bertz CT molecular complexity index is 943. The van der Waals surface area contributed by atoms with Crippen LogP contribution in [0.2, 0.25) is 0 Å². The van der Waals surface area contributed by atoms with Crippen LogP contribution in [0.4, 0.5) is 0 Å². The number of hydrogen-bond acceptors (Lipinski definition) is 6. The summed E-state index contributed by atoms with van der Waals surface area (Å²) in [6, 6.07) is 11.5. The molecule has 1 N–H and O–H groups in total. The van der Waals surface area contributed by atoms with Crippen LogP contribution in [0.15, 0.2) is 36.4 Å². The van der Waals surface area contributed by atoms with Crippen LogP contribution in [0, 0.1) is 11.8 Å². The lowest BCUT2D eigenvalue weighted by Gasteiger charge is -2.24. The smallest absolute Gasteiger partial charge is 0.313 e. The lowest BCUT2D eigenvalue weighted by molar-refractivity contribution is -0.184. The van der Waals surface area contributed by atoms with E-state index in [2.05, 4.69) is 0 Å². The molecule has 0 bridgehead atoms. The Morgan fingerprint density at radius 1 is 1.06 bits per heavy atom. The molecule has 1 amide bonds. The van der Waals surface area contributed by atoms with Crippen LogP contribution in [0.1, 0.15) is 45.1 Å². The Morgan fingerprint density at radius 3 is 2.39 bits per heavy atom. The van der Waals surface area contributed by atoms with Crippen molar-refractivity contribution in [2.45, 2.75) is 39.5 Å². The fourth-order valence-corrected chi connectivity index (χ4v) is 3.71. The van der Waals surface area contributed by atoms with Crippen molar-refractivity contribution in [3.05, 3.63) is 42.0 Å². The fraction of sp³-hybridized carbons (Fsp3) is 0.480. The van der Waals surface area contributed by atoms with Crippen molar-refractivity contribution in [1.82, 2.24) is 5.06 Å². The zero-order valence-corrected chi connectivity index (χ0v) is 19.7. The molecular formula is C25H33NO7. The number of carboxylic acid groups (broad SMARTS) is 1. The third-order valence-electron chi connectivity index (χ3n) is 5.33. The van der Waals surface area contributed by atoms with Crippen LogP contribution in [0.25, 0.3) is 10.8 Å². The van der Waals surface area contributed by atoms with E-state index < -0.39 is 17.9 Å². The van der Waals surface area contributed by atoms with Gasteiger partial charge < -0.3 is 14.6 Å². The number of rotatable bonds is 14. The maximum atomic E-state index is 12.5. The van der Waals surface area contributed by atoms with Gasteiger partial charge in [-0.3, -0.25) is 19.2 Å². The molecule has 0 spiro atoms. The minimum Gasteiger partial charge on any atom is -0.497 e. The lowest BCUT2D eigenvalue weighted by atomic mass is 9.94. The fourth-order valence-electron chi connectivity index (χ4n) is 3.71. The van der Waals surface area contributed by atoms with Crippen molar-refractivity contribution in [2.24, 2.45) is 11.8 Å². The van der Waals surface area contributed by atoms with E-state index in [0.717, 1.165) is 27.1 Å². The van der Waals surface area contributed by atoms with Gasteiger partial charge in [0.2, 0.25) is 6.41 Å². The van der Waals surface area contributed by atoms with Gasteiger partial charge in [0, 0.05) is 6.42 Å². The van der Waals surface area contributed by atoms with Gasteiger partial charge in [-0.2, -0.15) is 0 Å². The number of amides is 1. The van der Waals surface area contributed by atoms with Crippen LogP contribution >= 0.6 is 0 Å². The highest BCUT2D eigenvalue weighted by molar-refractivity contribution is 5.86. The molecule has 0 heterocycles. The van der Waals surface area contributed by atoms with E-state index in [1.807, 2.05) is 50.2 Å². The van der Waals surface area contributed by atoms with E-state index in [0.29, 0.717) is 18.7 Å². The average molecular weight is 460 g/mol. The zero-order chi connectivity index (χ0) is 24.4. The first kappa shape index (κ1) is 26.1. The Labute approximate surface area is 194 Å². The summed E-state index contributed by atoms with van der Waals surface area (Å²) in [7, 11) is 1.62. The number of methoxy groups -OCH3 is 1. The molecule has 8 heteroatoms. The van der Waals surface area contributed by atoms with Crippen molar-refractivity contribution in [1.29, 1.82) is 0 Å². The molecular weight excluding hydrogens is 426 g/mol. The number of esters is 1. The van der Waals surface area contributed by atoms with E-state index in [9.17, 15) is 14.4 Å². The predicted octanol–water partition coefficient (Wildman–Crippen LogP) is 4.02. The third-order valence-corrected chi connectivity index (χ3v) is 5.33. The lowest BCUT2D eigenvalue weighted by Crippen LogP contribution is -2.32. The average Bonchev–Trinajstić information content (AvgIpc) is 2.78. The van der Waals surface area contributed by atoms with Crippen LogP contribution in [0.5, 0.6) is 5.75 Å². The molecule has 0 aromatic heterocycles. The summed E-state index contributed by atoms with van der Waals surface area (Å²) >= 11 is 0. The molecule has 1 unspecified atom stereocenters. The van der Waals surface area contributed by atoms with Gasteiger partial charge in [0.05, 0.1) is 19.6 Å². The van der Waals surface area contributed by atoms with E-state index >= 15 is 0 Å². The second-order valence-electron chi connectivity index (χ2n) is 8.49. The number of hydroxylamine groups is 2. The molecule has 8 nitrogen and oxygen atoms in total. The van der Waals surface area contributed by atoms with Crippen LogP contribution in [-0.2, 0) is 24.0 Å². The molecule has 180 valence electrons. The van der Waals surface area contributed by atoms with Crippen molar-refractivity contribution in [3.63, 3.8) is 0 Å². The molecule has 0 aliphatic rings. The summed E-state index contributed by atoms with van der Waals surface area (Å²) < 4.78 is 10.6. The first-order valence-corrected chi connectivity index (χ1v) is 11.0. The molecule has 2 aromatic carbocycles. The van der Waals surface area contributed by atoms with Gasteiger partial charge in [0.15, 0.2) is 0 Å². The number of benzene rings is 2. The van der Waals surface area contributed by atoms with Crippen LogP contribution in [-0.4, -0.2) is 55.4 Å². The van der Waals surface area contributed by atoms with Gasteiger partial charge in [0.1, 0.15) is 19.0 Å². The maximum absolute atomic E-state index is 12.5. The molecule has 0 radical (unpaired) electrons. The summed E-state index contributed by atoms with van der Waals surface area (Å²) in [5, 5.41) is 12.2. The molecule has 0 saturated heterocycles. The quantitative estimate of drug-likeness (QED) is 0.197. The number of ether oxygens (including phenoxy) is 2. The largest absolute Gasteiger partial charge is 0.497 e. The van der Waals surface area contributed by atoms with E-state index in [1.54, 1.807) is 14.0 Å². The highest BCUT2D eigenvalue weighted by atomic mass is 16.7. The van der Waals surface area contributed by atoms with Gasteiger partial charge >= 0.3 is 11.9 Å². The number of carbonyl (C=O) groups is 3. The predicted molar refractivity (Wildman–Crippen MR) is 124 cm³/mol. The first-order valence-electron chi connectivity index (χ1n) is 11.0. The number of hydrogen-bond donors (Lipinski definition) is 1. The first-order chi connectivity index (χ1) is 15.7. The normalized spacial score (nSPS) is 12.9. The Hall–Kier alpha value is -3.13. The van der Waals surface area contributed by atoms with Crippen LogP contribution in [0.3, 0.4) is 0 Å². The minimum atomic E-state index is -0.915. The molecule has 0 saturated carbocycles. The number of carbonyl (C=O) groups excluding carboxylic acids is 2. The van der Waals surface area contributed by atoms with Crippen molar-refractivity contribution in [2.75, 3.05) is 26.9 Å². The minimum absolute atomic E-state index is 0.00378. The molecule has 0 fully saturated rings. The van der Waals surface area contributed by atoms with Gasteiger partial charge in [-0.05, 0) is 53.6 Å². The molecule has 2 rings (SSSR count). The summed E-state index contributed by atoms with van der Waals surface area (Å²) in [6.07, 6.45) is 1.13. The van der Waals surface area contributed by atoms with Gasteiger partial charge in [-0.1, -0.05) is 38.1 Å². The second kappa shape index (κ2) is 12.8. The monoisotopic (exact) mass is 459 g/mol. The van der Waals surface area contributed by atoms with E-state index in [4.69, 9.17) is 19.4 Å². The van der Waals surface area contributed by atoms with E-state index in [-0.39, 0.29) is 32.1 Å². The molecule has 33 heavy (non-hydrogen) atoms. The number of carboxylic acids is 1. The maximum Gasteiger partial charge on any atom is 0.313 e. The van der Waals surface area contributed by atoms with Crippen molar-refractivity contribution < 1.29 is 33.8 Å². The highest BCUT2D eigenvalue weighted by Gasteiger charge is 2.20. The van der Waals surface area contributed by atoms with Crippen LogP contribution < -0.4 is 4.74 Å². The topological polar surface area (TPSA) is 102 Å². The second-order valence-corrected chi connectivity index (χ2v) is 8.49. The number of nitrogens with zero attached hydrogens (tertiary/aromatic N) is 1. The Morgan fingerprint density at radius 2 is 1.76 bits per heavy atom. The molecule has 2 aromatic rings. The molecule has 2 atom stereocenters.